The molecule has 0 saturated heterocycles. The van der Waals surface area contributed by atoms with E-state index in [1.165, 1.54) is 0 Å². The summed E-state index contributed by atoms with van der Waals surface area (Å²) in [7, 11) is 0. The van der Waals surface area contributed by atoms with Crippen molar-refractivity contribution in [2.45, 2.75) is 6.61 Å². The monoisotopic (exact) mass is 236 g/mol. The standard InChI is InChI=1S/C13H10F2O2/c14-10-5-11(15)7-13(6-10)17-12-3-1-9(8-16)2-4-12/h1-7,16H,8H2. The summed E-state index contributed by atoms with van der Waals surface area (Å²) in [6.07, 6.45) is 0. The average Bonchev–Trinajstić information content (AvgIpc) is 2.28. The van der Waals surface area contributed by atoms with E-state index >= 15 is 0 Å². The van der Waals surface area contributed by atoms with Crippen molar-refractivity contribution in [3.05, 3.63) is 59.7 Å². The third kappa shape index (κ3) is 3.01. The number of ether oxygens (including phenoxy) is 1. The summed E-state index contributed by atoms with van der Waals surface area (Å²) >= 11 is 0. The van der Waals surface area contributed by atoms with Gasteiger partial charge in [-0.3, -0.25) is 0 Å². The first-order chi connectivity index (χ1) is 8.17. The first kappa shape index (κ1) is 11.5. The SMILES string of the molecule is OCc1ccc(Oc2cc(F)cc(F)c2)cc1. The Balaban J connectivity index is 2.19. The van der Waals surface area contributed by atoms with Crippen molar-refractivity contribution in [1.82, 2.24) is 0 Å². The third-order valence-corrected chi connectivity index (χ3v) is 2.18. The van der Waals surface area contributed by atoms with Crippen LogP contribution in [0.2, 0.25) is 0 Å². The van der Waals surface area contributed by atoms with Gasteiger partial charge in [-0.15, -0.1) is 0 Å². The second kappa shape index (κ2) is 4.93. The Hall–Kier alpha value is -1.94. The number of halogens is 2. The van der Waals surface area contributed by atoms with Crippen LogP contribution in [0, 0.1) is 11.6 Å². The molecule has 0 aromatic heterocycles. The van der Waals surface area contributed by atoms with Crippen LogP contribution in [0.1, 0.15) is 5.56 Å². The lowest BCUT2D eigenvalue weighted by Gasteiger charge is -2.06. The number of benzene rings is 2. The van der Waals surface area contributed by atoms with Crippen molar-refractivity contribution in [1.29, 1.82) is 0 Å². The molecule has 0 aliphatic heterocycles. The highest BCUT2D eigenvalue weighted by molar-refractivity contribution is 5.33. The molecule has 0 fully saturated rings. The lowest BCUT2D eigenvalue weighted by atomic mass is 10.2. The first-order valence-electron chi connectivity index (χ1n) is 5.01. The molecule has 17 heavy (non-hydrogen) atoms. The predicted octanol–water partition coefficient (Wildman–Crippen LogP) is 3.25. The summed E-state index contributed by atoms with van der Waals surface area (Å²) in [5, 5.41) is 8.85. The van der Waals surface area contributed by atoms with Gasteiger partial charge in [-0.05, 0) is 17.7 Å². The second-order valence-electron chi connectivity index (χ2n) is 3.51. The third-order valence-electron chi connectivity index (χ3n) is 2.18. The number of hydrogen-bond donors (Lipinski definition) is 1. The van der Waals surface area contributed by atoms with Crippen molar-refractivity contribution >= 4 is 0 Å². The molecule has 2 aromatic rings. The van der Waals surface area contributed by atoms with Gasteiger partial charge in [-0.1, -0.05) is 12.1 Å². The molecule has 4 heteroatoms. The average molecular weight is 236 g/mol. The summed E-state index contributed by atoms with van der Waals surface area (Å²) in [6.45, 7) is -0.0606. The molecule has 0 bridgehead atoms. The molecule has 2 rings (SSSR count). The fourth-order valence-electron chi connectivity index (χ4n) is 1.39. The van der Waals surface area contributed by atoms with Crippen LogP contribution in [-0.2, 0) is 6.61 Å². The Morgan fingerprint density at radius 2 is 1.47 bits per heavy atom. The van der Waals surface area contributed by atoms with Crippen LogP contribution in [0.3, 0.4) is 0 Å². The lowest BCUT2D eigenvalue weighted by Crippen LogP contribution is -1.88. The van der Waals surface area contributed by atoms with E-state index in [0.29, 0.717) is 5.75 Å². The number of rotatable bonds is 3. The van der Waals surface area contributed by atoms with Gasteiger partial charge in [0.2, 0.25) is 0 Å². The van der Waals surface area contributed by atoms with Crippen LogP contribution >= 0.6 is 0 Å². The van der Waals surface area contributed by atoms with Crippen LogP contribution in [0.25, 0.3) is 0 Å². The zero-order chi connectivity index (χ0) is 12.3. The van der Waals surface area contributed by atoms with Gasteiger partial charge in [-0.2, -0.15) is 0 Å². The van der Waals surface area contributed by atoms with Crippen molar-refractivity contribution in [3.8, 4) is 11.5 Å². The molecule has 0 radical (unpaired) electrons. The molecule has 0 amide bonds. The van der Waals surface area contributed by atoms with Crippen molar-refractivity contribution in [2.24, 2.45) is 0 Å². The quantitative estimate of drug-likeness (QED) is 0.886. The van der Waals surface area contributed by atoms with Gasteiger partial charge in [0.05, 0.1) is 6.61 Å². The Bertz CT molecular complexity index is 489. The Kier molecular flexibility index (Phi) is 3.35. The van der Waals surface area contributed by atoms with E-state index in [9.17, 15) is 8.78 Å². The van der Waals surface area contributed by atoms with Gasteiger partial charge in [0.1, 0.15) is 23.1 Å². The zero-order valence-corrected chi connectivity index (χ0v) is 8.86. The predicted molar refractivity (Wildman–Crippen MR) is 58.8 cm³/mol. The molecule has 0 spiro atoms. The van der Waals surface area contributed by atoms with Gasteiger partial charge >= 0.3 is 0 Å². The normalized spacial score (nSPS) is 10.3. The summed E-state index contributed by atoms with van der Waals surface area (Å²) < 4.78 is 31.1. The molecular formula is C13H10F2O2. The van der Waals surface area contributed by atoms with Crippen LogP contribution < -0.4 is 4.74 Å². The smallest absolute Gasteiger partial charge is 0.133 e. The maximum absolute atomic E-state index is 12.9. The minimum absolute atomic E-state index is 0.0606. The van der Waals surface area contributed by atoms with Gasteiger partial charge < -0.3 is 9.84 Å². The molecule has 0 aliphatic carbocycles. The molecule has 1 N–H and O–H groups in total. The molecule has 0 unspecified atom stereocenters. The number of aliphatic hydroxyl groups excluding tert-OH is 1. The summed E-state index contributed by atoms with van der Waals surface area (Å²) in [4.78, 5) is 0. The molecule has 2 aromatic carbocycles. The number of hydrogen-bond acceptors (Lipinski definition) is 2. The fraction of sp³-hybridized carbons (Fsp3) is 0.0769. The molecule has 2 nitrogen and oxygen atoms in total. The van der Waals surface area contributed by atoms with E-state index in [0.717, 1.165) is 23.8 Å². The maximum Gasteiger partial charge on any atom is 0.133 e. The molecule has 0 saturated carbocycles. The van der Waals surface area contributed by atoms with Crippen LogP contribution in [0.4, 0.5) is 8.78 Å². The summed E-state index contributed by atoms with van der Waals surface area (Å²) in [6, 6.07) is 9.56. The minimum atomic E-state index is -0.688. The topological polar surface area (TPSA) is 29.5 Å². The van der Waals surface area contributed by atoms with E-state index in [1.54, 1.807) is 24.3 Å². The molecule has 0 aliphatic rings. The highest BCUT2D eigenvalue weighted by Crippen LogP contribution is 2.23. The van der Waals surface area contributed by atoms with E-state index in [-0.39, 0.29) is 12.4 Å². The maximum atomic E-state index is 12.9. The van der Waals surface area contributed by atoms with Crippen molar-refractivity contribution < 1.29 is 18.6 Å². The van der Waals surface area contributed by atoms with Gasteiger partial charge in [0.15, 0.2) is 0 Å². The molecular weight excluding hydrogens is 226 g/mol. The minimum Gasteiger partial charge on any atom is -0.457 e. The zero-order valence-electron chi connectivity index (χ0n) is 8.86. The van der Waals surface area contributed by atoms with Crippen LogP contribution in [-0.4, -0.2) is 5.11 Å². The van der Waals surface area contributed by atoms with Crippen LogP contribution in [0.5, 0.6) is 11.5 Å². The van der Waals surface area contributed by atoms with E-state index < -0.39 is 11.6 Å². The number of aliphatic hydroxyl groups is 1. The van der Waals surface area contributed by atoms with Gasteiger partial charge in [-0.25, -0.2) is 8.78 Å². The Morgan fingerprint density at radius 3 is 2.00 bits per heavy atom. The highest BCUT2D eigenvalue weighted by atomic mass is 19.1. The Morgan fingerprint density at radius 1 is 0.882 bits per heavy atom. The fourth-order valence-corrected chi connectivity index (χ4v) is 1.39. The van der Waals surface area contributed by atoms with Crippen LogP contribution in [0.15, 0.2) is 42.5 Å². The van der Waals surface area contributed by atoms with Crippen molar-refractivity contribution in [2.75, 3.05) is 0 Å². The van der Waals surface area contributed by atoms with Gasteiger partial charge in [0, 0.05) is 18.2 Å². The summed E-state index contributed by atoms with van der Waals surface area (Å²) in [5.41, 5.74) is 0.739. The largest absolute Gasteiger partial charge is 0.457 e. The van der Waals surface area contributed by atoms with E-state index in [4.69, 9.17) is 9.84 Å². The van der Waals surface area contributed by atoms with E-state index in [1.807, 2.05) is 0 Å². The molecule has 0 heterocycles. The first-order valence-corrected chi connectivity index (χ1v) is 5.01. The molecule has 88 valence electrons. The van der Waals surface area contributed by atoms with E-state index in [2.05, 4.69) is 0 Å². The molecule has 0 atom stereocenters. The lowest BCUT2D eigenvalue weighted by molar-refractivity contribution is 0.281. The van der Waals surface area contributed by atoms with Gasteiger partial charge in [0.25, 0.3) is 0 Å². The highest BCUT2D eigenvalue weighted by Gasteiger charge is 2.03. The second-order valence-corrected chi connectivity index (χ2v) is 3.51. The Labute approximate surface area is 97.1 Å². The van der Waals surface area contributed by atoms with Crippen molar-refractivity contribution in [3.63, 3.8) is 0 Å². The summed E-state index contributed by atoms with van der Waals surface area (Å²) in [5.74, 6) is -0.828.